The van der Waals surface area contributed by atoms with Crippen molar-refractivity contribution in [1.82, 2.24) is 0 Å². The lowest BCUT2D eigenvalue weighted by molar-refractivity contribution is -0.148. The van der Waals surface area contributed by atoms with Crippen molar-refractivity contribution in [3.8, 4) is 28.0 Å². The zero-order valence-corrected chi connectivity index (χ0v) is 21.6. The Kier molecular flexibility index (Phi) is 10.9. The summed E-state index contributed by atoms with van der Waals surface area (Å²) in [6.45, 7) is 7.00. The van der Waals surface area contributed by atoms with Gasteiger partial charge < -0.3 is 9.47 Å². The SMILES string of the molecule is CCCCCCCCC(=O)OC(C)c1ccc(-c2ccccc2-c2ccc(OCCC)cc2)cc1. The third-order valence-electron chi connectivity index (χ3n) is 6.30. The number of ether oxygens (including phenoxy) is 2. The van der Waals surface area contributed by atoms with Gasteiger partial charge in [-0.05, 0) is 59.7 Å². The van der Waals surface area contributed by atoms with Gasteiger partial charge in [-0.2, -0.15) is 0 Å². The van der Waals surface area contributed by atoms with Crippen LogP contribution in [0.25, 0.3) is 22.3 Å². The summed E-state index contributed by atoms with van der Waals surface area (Å²) in [6, 6.07) is 25.1. The Labute approximate surface area is 211 Å². The average Bonchev–Trinajstić information content (AvgIpc) is 2.90. The highest BCUT2D eigenvalue weighted by molar-refractivity contribution is 5.83. The quantitative estimate of drug-likeness (QED) is 0.173. The molecule has 0 bridgehead atoms. The maximum Gasteiger partial charge on any atom is 0.306 e. The van der Waals surface area contributed by atoms with Crippen LogP contribution >= 0.6 is 0 Å². The molecule has 0 aromatic heterocycles. The van der Waals surface area contributed by atoms with Gasteiger partial charge in [0, 0.05) is 6.42 Å². The minimum absolute atomic E-state index is 0.103. The highest BCUT2D eigenvalue weighted by Gasteiger charge is 2.13. The van der Waals surface area contributed by atoms with Gasteiger partial charge in [-0.3, -0.25) is 4.79 Å². The van der Waals surface area contributed by atoms with E-state index in [0.717, 1.165) is 48.3 Å². The zero-order chi connectivity index (χ0) is 24.9. The van der Waals surface area contributed by atoms with Gasteiger partial charge in [-0.25, -0.2) is 0 Å². The summed E-state index contributed by atoms with van der Waals surface area (Å²) >= 11 is 0. The molecule has 3 nitrogen and oxygen atoms in total. The maximum atomic E-state index is 12.3. The van der Waals surface area contributed by atoms with E-state index in [9.17, 15) is 4.79 Å². The molecule has 3 aromatic carbocycles. The summed E-state index contributed by atoms with van der Waals surface area (Å²) in [6.07, 6.45) is 8.26. The summed E-state index contributed by atoms with van der Waals surface area (Å²) in [7, 11) is 0. The minimum atomic E-state index is -0.248. The lowest BCUT2D eigenvalue weighted by Gasteiger charge is -2.15. The Morgan fingerprint density at radius 2 is 1.29 bits per heavy atom. The molecule has 0 aliphatic heterocycles. The number of benzene rings is 3. The smallest absolute Gasteiger partial charge is 0.306 e. The first-order valence-electron chi connectivity index (χ1n) is 13.2. The summed E-state index contributed by atoms with van der Waals surface area (Å²) in [5, 5.41) is 0. The summed E-state index contributed by atoms with van der Waals surface area (Å²) in [5.41, 5.74) is 5.67. The number of rotatable bonds is 14. The predicted molar refractivity (Wildman–Crippen MR) is 146 cm³/mol. The molecule has 1 unspecified atom stereocenters. The molecular formula is C32H40O3. The second kappa shape index (κ2) is 14.4. The first-order valence-corrected chi connectivity index (χ1v) is 13.2. The molecule has 3 rings (SSSR count). The molecule has 0 N–H and O–H groups in total. The number of carbonyl (C=O) groups excluding carboxylic acids is 1. The molecule has 0 radical (unpaired) electrons. The Bertz CT molecular complexity index is 1020. The number of esters is 1. The largest absolute Gasteiger partial charge is 0.494 e. The van der Waals surface area contributed by atoms with Crippen molar-refractivity contribution in [2.45, 2.75) is 78.2 Å². The summed E-state index contributed by atoms with van der Waals surface area (Å²) in [4.78, 5) is 12.3. The lowest BCUT2D eigenvalue weighted by atomic mass is 9.94. The van der Waals surface area contributed by atoms with Crippen molar-refractivity contribution in [3.63, 3.8) is 0 Å². The van der Waals surface area contributed by atoms with E-state index in [1.165, 1.54) is 36.8 Å². The van der Waals surface area contributed by atoms with Gasteiger partial charge in [0.25, 0.3) is 0 Å². The number of unbranched alkanes of at least 4 members (excludes halogenated alkanes) is 5. The number of hydrogen-bond donors (Lipinski definition) is 0. The molecule has 3 aromatic rings. The van der Waals surface area contributed by atoms with E-state index < -0.39 is 0 Å². The van der Waals surface area contributed by atoms with E-state index >= 15 is 0 Å². The van der Waals surface area contributed by atoms with Gasteiger partial charge in [0.15, 0.2) is 0 Å². The summed E-state index contributed by atoms with van der Waals surface area (Å²) < 4.78 is 11.4. The van der Waals surface area contributed by atoms with Crippen molar-refractivity contribution in [1.29, 1.82) is 0 Å². The zero-order valence-electron chi connectivity index (χ0n) is 21.6. The molecule has 35 heavy (non-hydrogen) atoms. The van der Waals surface area contributed by atoms with Crippen LogP contribution in [-0.4, -0.2) is 12.6 Å². The molecule has 0 aliphatic rings. The lowest BCUT2D eigenvalue weighted by Crippen LogP contribution is -2.08. The second-order valence-corrected chi connectivity index (χ2v) is 9.19. The molecule has 0 heterocycles. The Morgan fingerprint density at radius 1 is 0.714 bits per heavy atom. The fourth-order valence-electron chi connectivity index (χ4n) is 4.24. The normalized spacial score (nSPS) is 11.7. The molecule has 0 saturated heterocycles. The molecule has 0 fully saturated rings. The number of hydrogen-bond acceptors (Lipinski definition) is 3. The van der Waals surface area contributed by atoms with Crippen LogP contribution in [-0.2, 0) is 9.53 Å². The molecule has 0 saturated carbocycles. The standard InChI is InChI=1S/C32H40O3/c1-4-6-7-8-9-10-15-32(33)35-25(3)26-16-18-27(19-17-26)30-13-11-12-14-31(30)28-20-22-29(23-21-28)34-24-5-2/h11-14,16-23,25H,4-10,15,24H2,1-3H3. The molecule has 3 heteroatoms. The molecule has 186 valence electrons. The van der Waals surface area contributed by atoms with Crippen LogP contribution < -0.4 is 4.74 Å². The van der Waals surface area contributed by atoms with E-state index in [4.69, 9.17) is 9.47 Å². The van der Waals surface area contributed by atoms with Crippen molar-refractivity contribution in [2.75, 3.05) is 6.61 Å². The van der Waals surface area contributed by atoms with Gasteiger partial charge in [-0.15, -0.1) is 0 Å². The number of carbonyl (C=O) groups is 1. The van der Waals surface area contributed by atoms with E-state index in [0.29, 0.717) is 6.42 Å². The molecule has 0 amide bonds. The van der Waals surface area contributed by atoms with Crippen LogP contribution in [0.4, 0.5) is 0 Å². The fraction of sp³-hybridized carbons (Fsp3) is 0.406. The summed E-state index contributed by atoms with van der Waals surface area (Å²) in [5.74, 6) is 0.797. The second-order valence-electron chi connectivity index (χ2n) is 9.19. The van der Waals surface area contributed by atoms with Crippen molar-refractivity contribution in [2.24, 2.45) is 0 Å². The van der Waals surface area contributed by atoms with Crippen LogP contribution in [0.15, 0.2) is 72.8 Å². The van der Waals surface area contributed by atoms with Crippen molar-refractivity contribution < 1.29 is 14.3 Å². The van der Waals surface area contributed by atoms with Gasteiger partial charge in [-0.1, -0.05) is 107 Å². The van der Waals surface area contributed by atoms with E-state index in [1.807, 2.05) is 19.1 Å². The van der Waals surface area contributed by atoms with Gasteiger partial charge in [0.1, 0.15) is 11.9 Å². The third-order valence-corrected chi connectivity index (χ3v) is 6.30. The van der Waals surface area contributed by atoms with Crippen LogP contribution in [0.5, 0.6) is 5.75 Å². The highest BCUT2D eigenvalue weighted by Crippen LogP contribution is 2.33. The topological polar surface area (TPSA) is 35.5 Å². The van der Waals surface area contributed by atoms with Crippen LogP contribution in [0.3, 0.4) is 0 Å². The molecule has 1 atom stereocenters. The Balaban J connectivity index is 1.61. The van der Waals surface area contributed by atoms with Gasteiger partial charge >= 0.3 is 5.97 Å². The predicted octanol–water partition coefficient (Wildman–Crippen LogP) is 9.16. The van der Waals surface area contributed by atoms with E-state index in [2.05, 4.69) is 74.5 Å². The van der Waals surface area contributed by atoms with Crippen molar-refractivity contribution >= 4 is 5.97 Å². The van der Waals surface area contributed by atoms with Crippen LogP contribution in [0.1, 0.15) is 83.8 Å². The minimum Gasteiger partial charge on any atom is -0.494 e. The first kappa shape index (κ1) is 26.5. The average molecular weight is 473 g/mol. The van der Waals surface area contributed by atoms with Gasteiger partial charge in [0.05, 0.1) is 6.61 Å². The molecule has 0 spiro atoms. The Hall–Kier alpha value is -3.07. The molecular weight excluding hydrogens is 432 g/mol. The van der Waals surface area contributed by atoms with E-state index in [-0.39, 0.29) is 12.1 Å². The van der Waals surface area contributed by atoms with Gasteiger partial charge in [0.2, 0.25) is 0 Å². The van der Waals surface area contributed by atoms with Crippen LogP contribution in [0, 0.1) is 0 Å². The monoisotopic (exact) mass is 472 g/mol. The third kappa shape index (κ3) is 8.28. The van der Waals surface area contributed by atoms with Crippen LogP contribution in [0.2, 0.25) is 0 Å². The van der Waals surface area contributed by atoms with Crippen molar-refractivity contribution in [3.05, 3.63) is 78.4 Å². The van der Waals surface area contributed by atoms with E-state index in [1.54, 1.807) is 0 Å². The Morgan fingerprint density at radius 3 is 1.89 bits per heavy atom. The molecule has 0 aliphatic carbocycles. The maximum absolute atomic E-state index is 12.3. The fourth-order valence-corrected chi connectivity index (χ4v) is 4.24. The first-order chi connectivity index (χ1) is 17.1. The highest BCUT2D eigenvalue weighted by atomic mass is 16.5.